The molecule has 5 aromatic rings. The first kappa shape index (κ1) is 34.5. The van der Waals surface area contributed by atoms with E-state index in [1.165, 1.54) is 22.2 Å². The number of aryl methyl sites for hydroxylation is 3. The van der Waals surface area contributed by atoms with Crippen LogP contribution in [0, 0.1) is 20.8 Å². The van der Waals surface area contributed by atoms with Gasteiger partial charge in [-0.05, 0) is 64.2 Å². The molecule has 0 bridgehead atoms. The van der Waals surface area contributed by atoms with Crippen LogP contribution in [0.2, 0.25) is 5.02 Å². The van der Waals surface area contributed by atoms with E-state index < -0.39 is 29.0 Å². The number of hydrogen-bond donors (Lipinski definition) is 2. The molecular weight excluding hydrogens is 711 g/mol. The normalized spacial score (nSPS) is 16.9. The van der Waals surface area contributed by atoms with Crippen molar-refractivity contribution in [1.29, 1.82) is 0 Å². The molecule has 18 heteroatoms. The number of thiazole rings is 1. The number of likely N-dealkylation sites (tertiary alicyclic amines) is 1. The number of aromatic nitrogens is 7. The summed E-state index contributed by atoms with van der Waals surface area (Å²) >= 11 is 7.52. The van der Waals surface area contributed by atoms with Crippen LogP contribution in [0.3, 0.4) is 0 Å². The van der Waals surface area contributed by atoms with Gasteiger partial charge in [0, 0.05) is 29.8 Å². The summed E-state index contributed by atoms with van der Waals surface area (Å²) in [4.78, 5) is 60.9. The fraction of sp³-hybridized carbons (Fsp3) is 0.394. The number of nitrogens with one attached hydrogen (secondary N) is 1. The third-order valence-corrected chi connectivity index (χ3v) is 11.1. The van der Waals surface area contributed by atoms with Gasteiger partial charge >= 0.3 is 6.18 Å². The molecule has 1 aromatic carbocycles. The van der Waals surface area contributed by atoms with Crippen molar-refractivity contribution in [2.75, 3.05) is 18.4 Å². The molecule has 1 unspecified atom stereocenters. The van der Waals surface area contributed by atoms with E-state index in [1.54, 1.807) is 16.4 Å². The Labute approximate surface area is 297 Å². The second kappa shape index (κ2) is 12.4. The predicted molar refractivity (Wildman–Crippen MR) is 181 cm³/mol. The number of alkyl halides is 3. The minimum atomic E-state index is -4.61. The summed E-state index contributed by atoms with van der Waals surface area (Å²) in [6, 6.07) is 2.66. The molecule has 1 fully saturated rings. The Hall–Kier alpha value is -4.90. The minimum absolute atomic E-state index is 0.00670. The maximum atomic E-state index is 14.5. The lowest BCUT2D eigenvalue weighted by Crippen LogP contribution is -2.46. The van der Waals surface area contributed by atoms with Crippen molar-refractivity contribution in [2.45, 2.75) is 71.0 Å². The molecule has 2 N–H and O–H groups in total. The van der Waals surface area contributed by atoms with Gasteiger partial charge in [-0.15, -0.1) is 16.4 Å². The zero-order chi connectivity index (χ0) is 36.6. The maximum Gasteiger partial charge on any atom is 0.416 e. The molecule has 7 rings (SSSR count). The Bertz CT molecular complexity index is 2310. The molecule has 1 atom stereocenters. The standard InChI is InChI=1S/C33H31ClF3N9O4S/c1-15-12-32(7-9-44(10-8-32)30(50)24-26(48)16(2)38-14-39-24)23-25(15)45(13-22(47)41-21-6-5-19(11-20(21)34)33(35,36)37)31-42-28(43-46(31)29(23)49)27-17(3)40-18(4)51-27/h5-6,11,14-15,48H,7-10,12-13H2,1-4H3,(H,41,47). The van der Waals surface area contributed by atoms with Crippen LogP contribution in [0.15, 0.2) is 29.3 Å². The first-order valence-corrected chi connectivity index (χ1v) is 17.2. The summed E-state index contributed by atoms with van der Waals surface area (Å²) in [5.74, 6) is -1.16. The number of hydrogen-bond acceptors (Lipinski definition) is 10. The van der Waals surface area contributed by atoms with Crippen molar-refractivity contribution < 1.29 is 27.9 Å². The van der Waals surface area contributed by atoms with Gasteiger partial charge in [-0.3, -0.25) is 14.4 Å². The van der Waals surface area contributed by atoms with Gasteiger partial charge in [-0.2, -0.15) is 22.7 Å². The van der Waals surface area contributed by atoms with Gasteiger partial charge < -0.3 is 19.9 Å². The summed E-state index contributed by atoms with van der Waals surface area (Å²) in [6.07, 6.45) is -2.00. The number of nitrogens with zero attached hydrogens (tertiary/aromatic N) is 8. The molecule has 1 aliphatic heterocycles. The topological polar surface area (TPSA) is 160 Å². The van der Waals surface area contributed by atoms with Gasteiger partial charge in [-0.1, -0.05) is 18.5 Å². The third kappa shape index (κ3) is 5.91. The van der Waals surface area contributed by atoms with Gasteiger partial charge in [0.15, 0.2) is 17.3 Å². The number of fused-ring (bicyclic) bond motifs is 3. The Morgan fingerprint density at radius 1 is 1.12 bits per heavy atom. The third-order valence-electron chi connectivity index (χ3n) is 9.67. The molecule has 1 spiro atoms. The summed E-state index contributed by atoms with van der Waals surface area (Å²) in [5, 5.41) is 18.2. The van der Waals surface area contributed by atoms with Crippen molar-refractivity contribution in [3.63, 3.8) is 0 Å². The molecule has 0 saturated carbocycles. The highest BCUT2D eigenvalue weighted by molar-refractivity contribution is 7.15. The number of halogens is 4. The maximum absolute atomic E-state index is 14.5. The number of carbonyl (C=O) groups is 2. The fourth-order valence-corrected chi connectivity index (χ4v) is 8.43. The van der Waals surface area contributed by atoms with Crippen LogP contribution in [-0.2, 0) is 22.9 Å². The first-order chi connectivity index (χ1) is 24.1. The Balaban J connectivity index is 1.28. The van der Waals surface area contributed by atoms with E-state index in [1.807, 2.05) is 20.8 Å². The predicted octanol–water partition coefficient (Wildman–Crippen LogP) is 5.43. The molecule has 5 heterocycles. The molecule has 1 saturated heterocycles. The van der Waals surface area contributed by atoms with E-state index in [9.17, 15) is 32.7 Å². The van der Waals surface area contributed by atoms with Gasteiger partial charge in [0.2, 0.25) is 11.7 Å². The van der Waals surface area contributed by atoms with Crippen LogP contribution in [0.5, 0.6) is 5.75 Å². The number of amides is 2. The summed E-state index contributed by atoms with van der Waals surface area (Å²) in [6.45, 7) is 7.40. The highest BCUT2D eigenvalue weighted by Gasteiger charge is 2.49. The molecular formula is C33H31ClF3N9O4S. The van der Waals surface area contributed by atoms with Crippen LogP contribution < -0.4 is 10.9 Å². The highest BCUT2D eigenvalue weighted by Crippen LogP contribution is 2.50. The number of anilines is 1. The average Bonchev–Trinajstić information content (AvgIpc) is 3.74. The van der Waals surface area contributed by atoms with Gasteiger partial charge in [-0.25, -0.2) is 15.0 Å². The van der Waals surface area contributed by atoms with Crippen molar-refractivity contribution >= 4 is 46.2 Å². The summed E-state index contributed by atoms with van der Waals surface area (Å²) < 4.78 is 42.5. The first-order valence-electron chi connectivity index (χ1n) is 16.0. The lowest BCUT2D eigenvalue weighted by Gasteiger charge is -2.39. The van der Waals surface area contributed by atoms with Crippen LogP contribution in [-0.4, -0.2) is 69.0 Å². The van der Waals surface area contributed by atoms with Gasteiger partial charge in [0.25, 0.3) is 11.5 Å². The average molecular weight is 742 g/mol. The molecule has 0 radical (unpaired) electrons. The lowest BCUT2D eigenvalue weighted by atomic mass is 9.73. The molecule has 2 aliphatic rings. The Kier molecular flexibility index (Phi) is 8.40. The van der Waals surface area contributed by atoms with Crippen LogP contribution >= 0.6 is 22.9 Å². The Morgan fingerprint density at radius 3 is 2.49 bits per heavy atom. The van der Waals surface area contributed by atoms with Crippen molar-refractivity contribution in [3.05, 3.63) is 78.8 Å². The smallest absolute Gasteiger partial charge is 0.416 e. The molecule has 2 amide bonds. The van der Waals surface area contributed by atoms with E-state index in [0.29, 0.717) is 41.1 Å². The second-order valence-electron chi connectivity index (χ2n) is 13.0. The largest absolute Gasteiger partial charge is 0.504 e. The van der Waals surface area contributed by atoms with Crippen molar-refractivity contribution in [3.8, 4) is 16.5 Å². The van der Waals surface area contributed by atoms with Gasteiger partial charge in [0.1, 0.15) is 12.9 Å². The Morgan fingerprint density at radius 2 is 1.84 bits per heavy atom. The lowest BCUT2D eigenvalue weighted by molar-refractivity contribution is -0.137. The number of benzene rings is 1. The van der Waals surface area contributed by atoms with Crippen molar-refractivity contribution in [2.24, 2.45) is 0 Å². The number of carbonyl (C=O) groups excluding carboxylic acids is 2. The molecule has 266 valence electrons. The van der Waals surface area contributed by atoms with E-state index in [0.717, 1.165) is 23.2 Å². The van der Waals surface area contributed by atoms with Crippen molar-refractivity contribution in [1.82, 2.24) is 39.0 Å². The number of piperidine rings is 1. The molecule has 4 aromatic heterocycles. The minimum Gasteiger partial charge on any atom is -0.504 e. The zero-order valence-corrected chi connectivity index (χ0v) is 29.4. The van der Waals surface area contributed by atoms with Crippen LogP contribution in [0.25, 0.3) is 16.5 Å². The highest BCUT2D eigenvalue weighted by atomic mass is 35.5. The van der Waals surface area contributed by atoms with E-state index >= 15 is 0 Å². The molecule has 1 aliphatic carbocycles. The van der Waals surface area contributed by atoms with Gasteiger partial charge in [0.05, 0.1) is 37.5 Å². The molecule has 13 nitrogen and oxygen atoms in total. The van der Waals surface area contributed by atoms with E-state index in [-0.39, 0.29) is 70.6 Å². The SMILES string of the molecule is Cc1nc(C)c(-c2nc3n(CC(=O)Nc4ccc(C(F)(F)F)cc4Cl)c4c(c(=O)n3n2)C2(CCN(C(=O)c3ncnc(C)c3O)CC2)CC4C)s1. The molecule has 51 heavy (non-hydrogen) atoms. The quantitative estimate of drug-likeness (QED) is 0.240. The zero-order valence-electron chi connectivity index (χ0n) is 27.8. The number of aromatic hydroxyl groups is 1. The fourth-order valence-electron chi connectivity index (χ4n) is 7.35. The van der Waals surface area contributed by atoms with E-state index in [2.05, 4.69) is 25.4 Å². The van der Waals surface area contributed by atoms with Crippen LogP contribution in [0.4, 0.5) is 18.9 Å². The number of rotatable bonds is 5. The van der Waals surface area contributed by atoms with E-state index in [4.69, 9.17) is 16.6 Å². The second-order valence-corrected chi connectivity index (χ2v) is 14.6. The summed E-state index contributed by atoms with van der Waals surface area (Å²) in [7, 11) is 0. The van der Waals surface area contributed by atoms with Crippen LogP contribution in [0.1, 0.15) is 75.8 Å². The summed E-state index contributed by atoms with van der Waals surface area (Å²) in [5.41, 5.74) is -0.0618. The monoisotopic (exact) mass is 741 g/mol.